The van der Waals surface area contributed by atoms with Gasteiger partial charge in [0.15, 0.2) is 4.96 Å². The lowest BCUT2D eigenvalue weighted by atomic mass is 10.2. The van der Waals surface area contributed by atoms with Gasteiger partial charge >= 0.3 is 0 Å². The van der Waals surface area contributed by atoms with Gasteiger partial charge in [-0.3, -0.25) is 4.40 Å². The number of aromatic nitrogens is 2. The van der Waals surface area contributed by atoms with Gasteiger partial charge in [0.05, 0.1) is 12.8 Å². The molecule has 3 rings (SSSR count). The zero-order valence-electron chi connectivity index (χ0n) is 10.7. The van der Waals surface area contributed by atoms with E-state index in [0.717, 1.165) is 29.5 Å². The number of thiazole rings is 1. The van der Waals surface area contributed by atoms with Crippen LogP contribution >= 0.6 is 11.3 Å². The van der Waals surface area contributed by atoms with Crippen molar-refractivity contribution in [2.24, 2.45) is 0 Å². The van der Waals surface area contributed by atoms with Gasteiger partial charge < -0.3 is 10.1 Å². The van der Waals surface area contributed by atoms with E-state index in [9.17, 15) is 0 Å². The minimum Gasteiger partial charge on any atom is -0.497 e. The Morgan fingerprint density at radius 3 is 3.16 bits per heavy atom. The molecule has 0 saturated carbocycles. The van der Waals surface area contributed by atoms with Crippen LogP contribution in [0.3, 0.4) is 0 Å². The van der Waals surface area contributed by atoms with Crippen LogP contribution in [0, 0.1) is 0 Å². The summed E-state index contributed by atoms with van der Waals surface area (Å²) in [6, 6.07) is 8.08. The molecule has 0 aliphatic rings. The van der Waals surface area contributed by atoms with Crippen molar-refractivity contribution in [3.05, 3.63) is 53.3 Å². The smallest absolute Gasteiger partial charge is 0.193 e. The molecule has 0 atom stereocenters. The highest BCUT2D eigenvalue weighted by atomic mass is 32.1. The fourth-order valence-corrected chi connectivity index (χ4v) is 2.70. The normalized spacial score (nSPS) is 11.0. The van der Waals surface area contributed by atoms with Crippen LogP contribution in [0.5, 0.6) is 5.75 Å². The summed E-state index contributed by atoms with van der Waals surface area (Å²) < 4.78 is 7.26. The number of nitrogens with zero attached hydrogens (tertiary/aromatic N) is 2. The van der Waals surface area contributed by atoms with Gasteiger partial charge in [0.1, 0.15) is 5.75 Å². The van der Waals surface area contributed by atoms with Crippen LogP contribution in [0.4, 0.5) is 0 Å². The molecule has 0 saturated heterocycles. The molecule has 0 aliphatic heterocycles. The second-order valence-electron chi connectivity index (χ2n) is 4.28. The van der Waals surface area contributed by atoms with Crippen molar-refractivity contribution in [2.45, 2.75) is 13.1 Å². The fraction of sp³-hybridized carbons (Fsp3) is 0.214. The molecule has 0 unspecified atom stereocenters. The third kappa shape index (κ3) is 2.77. The van der Waals surface area contributed by atoms with E-state index in [1.54, 1.807) is 18.4 Å². The molecular formula is C14H15N3OS. The molecule has 2 aromatic heterocycles. The summed E-state index contributed by atoms with van der Waals surface area (Å²) >= 11 is 1.65. The highest BCUT2D eigenvalue weighted by molar-refractivity contribution is 7.15. The molecule has 0 spiro atoms. The molecular weight excluding hydrogens is 258 g/mol. The molecule has 0 fully saturated rings. The number of hydrogen-bond acceptors (Lipinski definition) is 4. The first-order valence-corrected chi connectivity index (χ1v) is 6.98. The van der Waals surface area contributed by atoms with Crippen molar-refractivity contribution in [2.75, 3.05) is 7.11 Å². The van der Waals surface area contributed by atoms with Crippen LogP contribution < -0.4 is 10.1 Å². The van der Waals surface area contributed by atoms with E-state index in [1.807, 2.05) is 34.2 Å². The van der Waals surface area contributed by atoms with Gasteiger partial charge in [0, 0.05) is 30.9 Å². The summed E-state index contributed by atoms with van der Waals surface area (Å²) in [7, 11) is 1.68. The molecule has 0 bridgehead atoms. The Morgan fingerprint density at radius 1 is 1.37 bits per heavy atom. The Hall–Kier alpha value is -1.85. The van der Waals surface area contributed by atoms with E-state index in [0.29, 0.717) is 0 Å². The summed E-state index contributed by atoms with van der Waals surface area (Å²) in [4.78, 5) is 5.57. The lowest BCUT2D eigenvalue weighted by molar-refractivity contribution is 0.414. The molecule has 19 heavy (non-hydrogen) atoms. The Kier molecular flexibility index (Phi) is 3.48. The molecule has 0 radical (unpaired) electrons. The van der Waals surface area contributed by atoms with Gasteiger partial charge in [-0.1, -0.05) is 12.1 Å². The standard InChI is InChI=1S/C14H15N3OS/c1-18-13-4-2-3-11(7-13)8-15-9-12-10-17-5-6-19-14(17)16-12/h2-7,10,15H,8-9H2,1H3. The van der Waals surface area contributed by atoms with Crippen LogP contribution in [0.1, 0.15) is 11.3 Å². The molecule has 3 aromatic rings. The van der Waals surface area contributed by atoms with Crippen LogP contribution in [0.25, 0.3) is 4.96 Å². The number of nitrogens with one attached hydrogen (secondary N) is 1. The average Bonchev–Trinajstić information content (AvgIpc) is 3.00. The summed E-state index contributed by atoms with van der Waals surface area (Å²) in [5.41, 5.74) is 2.27. The number of ether oxygens (including phenoxy) is 1. The zero-order chi connectivity index (χ0) is 13.1. The minimum absolute atomic E-state index is 0.769. The van der Waals surface area contributed by atoms with Gasteiger partial charge in [-0.25, -0.2) is 4.98 Å². The first-order valence-electron chi connectivity index (χ1n) is 6.10. The topological polar surface area (TPSA) is 38.6 Å². The van der Waals surface area contributed by atoms with Crippen LogP contribution in [-0.2, 0) is 13.1 Å². The van der Waals surface area contributed by atoms with Gasteiger partial charge in [-0.2, -0.15) is 0 Å². The SMILES string of the molecule is COc1cccc(CNCc2cn3ccsc3n2)c1. The molecule has 0 amide bonds. The maximum atomic E-state index is 5.21. The number of methoxy groups -OCH3 is 1. The van der Waals surface area contributed by atoms with Gasteiger partial charge in [-0.05, 0) is 17.7 Å². The average molecular weight is 273 g/mol. The maximum absolute atomic E-state index is 5.21. The summed E-state index contributed by atoms with van der Waals surface area (Å²) in [5.74, 6) is 0.891. The van der Waals surface area contributed by atoms with E-state index in [-0.39, 0.29) is 0 Å². The number of imidazole rings is 1. The number of rotatable bonds is 5. The highest BCUT2D eigenvalue weighted by Gasteiger charge is 2.02. The predicted octanol–water partition coefficient (Wildman–Crippen LogP) is 2.69. The maximum Gasteiger partial charge on any atom is 0.193 e. The second-order valence-corrected chi connectivity index (χ2v) is 5.15. The Balaban J connectivity index is 1.59. The molecule has 98 valence electrons. The molecule has 1 N–H and O–H groups in total. The third-order valence-corrected chi connectivity index (χ3v) is 3.68. The van der Waals surface area contributed by atoms with Gasteiger partial charge in [0.2, 0.25) is 0 Å². The van der Waals surface area contributed by atoms with Crippen molar-refractivity contribution in [1.29, 1.82) is 0 Å². The summed E-state index contributed by atoms with van der Waals surface area (Å²) in [6.45, 7) is 1.58. The third-order valence-electron chi connectivity index (χ3n) is 2.91. The Labute approximate surface area is 115 Å². The van der Waals surface area contributed by atoms with E-state index in [1.165, 1.54) is 5.56 Å². The molecule has 4 nitrogen and oxygen atoms in total. The molecule has 5 heteroatoms. The highest BCUT2D eigenvalue weighted by Crippen LogP contribution is 2.13. The number of hydrogen-bond donors (Lipinski definition) is 1. The van der Waals surface area contributed by atoms with E-state index >= 15 is 0 Å². The van der Waals surface area contributed by atoms with Crippen molar-refractivity contribution in [3.63, 3.8) is 0 Å². The monoisotopic (exact) mass is 273 g/mol. The number of benzene rings is 1. The first-order chi connectivity index (χ1) is 9.35. The second kappa shape index (κ2) is 5.42. The lowest BCUT2D eigenvalue weighted by Crippen LogP contribution is -2.12. The fourth-order valence-electron chi connectivity index (χ4n) is 1.98. The van der Waals surface area contributed by atoms with Crippen LogP contribution in [0.2, 0.25) is 0 Å². The van der Waals surface area contributed by atoms with E-state index in [2.05, 4.69) is 22.6 Å². The minimum atomic E-state index is 0.769. The lowest BCUT2D eigenvalue weighted by Gasteiger charge is -2.05. The summed E-state index contributed by atoms with van der Waals surface area (Å²) in [6.07, 6.45) is 4.09. The van der Waals surface area contributed by atoms with E-state index in [4.69, 9.17) is 4.74 Å². The Morgan fingerprint density at radius 2 is 2.32 bits per heavy atom. The first kappa shape index (κ1) is 12.2. The van der Waals surface area contributed by atoms with Gasteiger partial charge in [-0.15, -0.1) is 11.3 Å². The molecule has 0 aliphatic carbocycles. The van der Waals surface area contributed by atoms with E-state index < -0.39 is 0 Å². The predicted molar refractivity (Wildman–Crippen MR) is 76.6 cm³/mol. The summed E-state index contributed by atoms with van der Waals surface area (Å²) in [5, 5.41) is 5.43. The largest absolute Gasteiger partial charge is 0.497 e. The molecule has 2 heterocycles. The van der Waals surface area contributed by atoms with Crippen LogP contribution in [-0.4, -0.2) is 16.5 Å². The quantitative estimate of drug-likeness (QED) is 0.777. The number of fused-ring (bicyclic) bond motifs is 1. The Bertz CT molecular complexity index is 645. The molecule has 1 aromatic carbocycles. The van der Waals surface area contributed by atoms with Crippen LogP contribution in [0.15, 0.2) is 42.0 Å². The van der Waals surface area contributed by atoms with Crippen molar-refractivity contribution >= 4 is 16.3 Å². The van der Waals surface area contributed by atoms with Crippen molar-refractivity contribution < 1.29 is 4.74 Å². The van der Waals surface area contributed by atoms with Crippen molar-refractivity contribution in [3.8, 4) is 5.75 Å². The van der Waals surface area contributed by atoms with Gasteiger partial charge in [0.25, 0.3) is 0 Å². The zero-order valence-corrected chi connectivity index (χ0v) is 11.5. The van der Waals surface area contributed by atoms with Crippen molar-refractivity contribution in [1.82, 2.24) is 14.7 Å².